The molecule has 5 heteroatoms. The third-order valence-corrected chi connectivity index (χ3v) is 3.15. The summed E-state index contributed by atoms with van der Waals surface area (Å²) in [5.41, 5.74) is 6.49. The highest BCUT2D eigenvalue weighted by molar-refractivity contribution is 5.93. The second-order valence-corrected chi connectivity index (χ2v) is 5.04. The quantitative estimate of drug-likeness (QED) is 0.634. The van der Waals surface area contributed by atoms with E-state index in [1.165, 1.54) is 6.08 Å². The van der Waals surface area contributed by atoms with Crippen LogP contribution in [0, 0.1) is 0 Å². The summed E-state index contributed by atoms with van der Waals surface area (Å²) in [6.45, 7) is 2.53. The molecule has 0 heterocycles. The Balaban J connectivity index is 1.77. The molecule has 2 N–H and O–H groups in total. The number of carbonyl (C=O) groups excluding carboxylic acids is 2. The van der Waals surface area contributed by atoms with Crippen LogP contribution >= 0.6 is 0 Å². The van der Waals surface area contributed by atoms with Crippen molar-refractivity contribution in [3.8, 4) is 5.75 Å². The molecule has 0 aromatic heterocycles. The Morgan fingerprint density at radius 3 is 2.38 bits per heavy atom. The Kier molecular flexibility index (Phi) is 6.58. The lowest BCUT2D eigenvalue weighted by Crippen LogP contribution is -2.41. The average Bonchev–Trinajstić information content (AvgIpc) is 2.60. The molecule has 0 spiro atoms. The number of hydrazine groups is 1. The molecule has 0 fully saturated rings. The Bertz CT molecular complexity index is 694. The maximum atomic E-state index is 11.7. The van der Waals surface area contributed by atoms with Gasteiger partial charge in [-0.3, -0.25) is 20.4 Å². The minimum atomic E-state index is -0.398. The van der Waals surface area contributed by atoms with Gasteiger partial charge in [-0.1, -0.05) is 42.5 Å². The third kappa shape index (κ3) is 5.96. The molecule has 0 saturated heterocycles. The van der Waals surface area contributed by atoms with Gasteiger partial charge in [-0.15, -0.1) is 0 Å². The number of nitrogens with one attached hydrogen (secondary N) is 2. The molecule has 2 amide bonds. The Morgan fingerprint density at radius 2 is 1.71 bits per heavy atom. The van der Waals surface area contributed by atoms with Crippen molar-refractivity contribution in [2.24, 2.45) is 0 Å². The average molecular weight is 324 g/mol. The first-order valence-corrected chi connectivity index (χ1v) is 7.71. The minimum absolute atomic E-state index is 0.212. The number of rotatable bonds is 6. The molecular formula is C19H20N2O3. The summed E-state index contributed by atoms with van der Waals surface area (Å²) in [5.74, 6) is 0.113. The van der Waals surface area contributed by atoms with E-state index in [4.69, 9.17) is 4.74 Å². The lowest BCUT2D eigenvalue weighted by molar-refractivity contribution is -0.126. The van der Waals surface area contributed by atoms with E-state index >= 15 is 0 Å². The van der Waals surface area contributed by atoms with Crippen LogP contribution in [0.4, 0.5) is 0 Å². The molecule has 0 aliphatic rings. The number of ether oxygens (including phenoxy) is 1. The van der Waals surface area contributed by atoms with Crippen LogP contribution in [0.5, 0.6) is 5.75 Å². The molecule has 0 aliphatic carbocycles. The van der Waals surface area contributed by atoms with Crippen LogP contribution in [0.25, 0.3) is 6.08 Å². The summed E-state index contributed by atoms with van der Waals surface area (Å²) in [7, 11) is 0. The molecule has 2 aromatic rings. The van der Waals surface area contributed by atoms with Gasteiger partial charge < -0.3 is 4.74 Å². The largest absolute Gasteiger partial charge is 0.494 e. The van der Waals surface area contributed by atoms with E-state index in [0.29, 0.717) is 6.61 Å². The molecule has 0 atom stereocenters. The van der Waals surface area contributed by atoms with Crippen LogP contribution in [0.2, 0.25) is 0 Å². The minimum Gasteiger partial charge on any atom is -0.494 e. The molecule has 2 aromatic carbocycles. The molecule has 0 saturated carbocycles. The van der Waals surface area contributed by atoms with Crippen LogP contribution in [0.15, 0.2) is 60.7 Å². The number of carbonyl (C=O) groups is 2. The first kappa shape index (κ1) is 17.3. The summed E-state index contributed by atoms with van der Waals surface area (Å²) in [5, 5.41) is 0. The van der Waals surface area contributed by atoms with E-state index in [-0.39, 0.29) is 12.3 Å². The molecular weight excluding hydrogens is 304 g/mol. The summed E-state index contributed by atoms with van der Waals surface area (Å²) >= 11 is 0. The zero-order valence-electron chi connectivity index (χ0n) is 13.5. The van der Waals surface area contributed by atoms with Crippen molar-refractivity contribution < 1.29 is 14.3 Å². The van der Waals surface area contributed by atoms with E-state index in [1.807, 2.05) is 61.5 Å². The van der Waals surface area contributed by atoms with Crippen molar-refractivity contribution in [2.45, 2.75) is 13.3 Å². The van der Waals surface area contributed by atoms with Crippen LogP contribution < -0.4 is 15.6 Å². The van der Waals surface area contributed by atoms with Crippen LogP contribution in [0.3, 0.4) is 0 Å². The SMILES string of the molecule is CCOc1ccc(/C=C/C(=O)NNC(=O)Cc2ccccc2)cc1. The van der Waals surface area contributed by atoms with Gasteiger partial charge in [0.2, 0.25) is 5.91 Å². The summed E-state index contributed by atoms with van der Waals surface area (Å²) < 4.78 is 5.35. The van der Waals surface area contributed by atoms with E-state index in [0.717, 1.165) is 16.9 Å². The van der Waals surface area contributed by atoms with Gasteiger partial charge >= 0.3 is 0 Å². The maximum Gasteiger partial charge on any atom is 0.262 e. The molecule has 24 heavy (non-hydrogen) atoms. The maximum absolute atomic E-state index is 11.7. The second-order valence-electron chi connectivity index (χ2n) is 5.04. The van der Waals surface area contributed by atoms with E-state index in [9.17, 15) is 9.59 Å². The predicted octanol–water partition coefficient (Wildman–Crippen LogP) is 2.49. The third-order valence-electron chi connectivity index (χ3n) is 3.15. The normalized spacial score (nSPS) is 10.4. The lowest BCUT2D eigenvalue weighted by atomic mass is 10.1. The summed E-state index contributed by atoms with van der Waals surface area (Å²) in [4.78, 5) is 23.4. The first-order valence-electron chi connectivity index (χ1n) is 7.71. The smallest absolute Gasteiger partial charge is 0.262 e. The first-order chi connectivity index (χ1) is 11.7. The Hall–Kier alpha value is -3.08. The van der Waals surface area contributed by atoms with Crippen molar-refractivity contribution in [3.05, 3.63) is 71.8 Å². The molecule has 0 aliphatic heterocycles. The van der Waals surface area contributed by atoms with Gasteiger partial charge in [0.1, 0.15) is 5.75 Å². The highest BCUT2D eigenvalue weighted by Crippen LogP contribution is 2.12. The Morgan fingerprint density at radius 1 is 1.00 bits per heavy atom. The summed E-state index contributed by atoms with van der Waals surface area (Å²) in [6.07, 6.45) is 3.23. The Labute approximate surface area is 141 Å². The van der Waals surface area contributed by atoms with E-state index < -0.39 is 5.91 Å². The van der Waals surface area contributed by atoms with Crippen molar-refractivity contribution in [1.82, 2.24) is 10.9 Å². The topological polar surface area (TPSA) is 67.4 Å². The van der Waals surface area contributed by atoms with Gasteiger partial charge in [0.05, 0.1) is 13.0 Å². The van der Waals surface area contributed by atoms with Crippen molar-refractivity contribution in [1.29, 1.82) is 0 Å². The standard InChI is InChI=1S/C19H20N2O3/c1-2-24-17-11-8-15(9-12-17)10-13-18(22)20-21-19(23)14-16-6-4-3-5-7-16/h3-13H,2,14H2,1H3,(H,20,22)(H,21,23)/b13-10+. The highest BCUT2D eigenvalue weighted by atomic mass is 16.5. The number of benzene rings is 2. The van der Waals surface area contributed by atoms with Crippen LogP contribution in [0.1, 0.15) is 18.1 Å². The highest BCUT2D eigenvalue weighted by Gasteiger charge is 2.03. The number of hydrogen-bond donors (Lipinski definition) is 2. The van der Waals surface area contributed by atoms with Gasteiger partial charge in [-0.25, -0.2) is 0 Å². The molecule has 0 radical (unpaired) electrons. The molecule has 0 bridgehead atoms. The number of amides is 2. The van der Waals surface area contributed by atoms with Gasteiger partial charge in [0, 0.05) is 6.08 Å². The van der Waals surface area contributed by atoms with Crippen molar-refractivity contribution >= 4 is 17.9 Å². The monoisotopic (exact) mass is 324 g/mol. The van der Waals surface area contributed by atoms with Gasteiger partial charge in [0.15, 0.2) is 0 Å². The van der Waals surface area contributed by atoms with Gasteiger partial charge in [0.25, 0.3) is 5.91 Å². The van der Waals surface area contributed by atoms with E-state index in [2.05, 4.69) is 10.9 Å². The molecule has 2 rings (SSSR count). The van der Waals surface area contributed by atoms with Crippen LogP contribution in [-0.4, -0.2) is 18.4 Å². The van der Waals surface area contributed by atoms with Gasteiger partial charge in [-0.05, 0) is 36.3 Å². The lowest BCUT2D eigenvalue weighted by Gasteiger charge is -2.05. The fourth-order valence-corrected chi connectivity index (χ4v) is 2.01. The van der Waals surface area contributed by atoms with Crippen molar-refractivity contribution in [2.75, 3.05) is 6.61 Å². The summed E-state index contributed by atoms with van der Waals surface area (Å²) in [6, 6.07) is 16.7. The van der Waals surface area contributed by atoms with Crippen LogP contribution in [-0.2, 0) is 16.0 Å². The second kappa shape index (κ2) is 9.15. The predicted molar refractivity (Wildman–Crippen MR) is 93.1 cm³/mol. The zero-order chi connectivity index (χ0) is 17.2. The fraction of sp³-hybridized carbons (Fsp3) is 0.158. The molecule has 124 valence electrons. The van der Waals surface area contributed by atoms with Crippen molar-refractivity contribution in [3.63, 3.8) is 0 Å². The zero-order valence-corrected chi connectivity index (χ0v) is 13.5. The fourth-order valence-electron chi connectivity index (χ4n) is 2.01. The number of hydrogen-bond acceptors (Lipinski definition) is 3. The molecule has 0 unspecified atom stereocenters. The molecule has 5 nitrogen and oxygen atoms in total. The van der Waals surface area contributed by atoms with E-state index in [1.54, 1.807) is 6.08 Å². The van der Waals surface area contributed by atoms with Gasteiger partial charge in [-0.2, -0.15) is 0 Å².